The molecule has 0 fully saturated rings. The van der Waals surface area contributed by atoms with Crippen LogP contribution in [0.5, 0.6) is 0 Å². The van der Waals surface area contributed by atoms with E-state index in [0.29, 0.717) is 0 Å². The Hall–Kier alpha value is -2.38. The number of anilines is 3. The summed E-state index contributed by atoms with van der Waals surface area (Å²) in [6, 6.07) is 0. The van der Waals surface area contributed by atoms with Crippen molar-refractivity contribution in [3.8, 4) is 0 Å². The van der Waals surface area contributed by atoms with Crippen molar-refractivity contribution >= 4 is 29.2 Å². The molecular weight excluding hydrogens is 214 g/mol. The minimum Gasteiger partial charge on any atom is -0.456 e. The third-order valence-corrected chi connectivity index (χ3v) is 1.58. The Morgan fingerprint density at radius 3 is 2.44 bits per heavy atom. The lowest BCUT2D eigenvalue weighted by atomic mass is 10.4. The van der Waals surface area contributed by atoms with Crippen LogP contribution >= 0.6 is 0 Å². The van der Waals surface area contributed by atoms with Crippen LogP contribution in [0, 0.1) is 0 Å². The molecule has 0 aliphatic carbocycles. The number of carbonyl (C=O) groups excluding carboxylic acids is 2. The predicted octanol–water partition coefficient (Wildman–Crippen LogP) is -0.857. The van der Waals surface area contributed by atoms with Gasteiger partial charge in [0, 0.05) is 6.92 Å². The van der Waals surface area contributed by atoms with Gasteiger partial charge in [0.05, 0.1) is 0 Å². The molecule has 1 aromatic rings. The number of nitrogens with zero attached hydrogens (tertiary/aromatic N) is 2. The van der Waals surface area contributed by atoms with E-state index in [2.05, 4.69) is 20.0 Å². The maximum absolute atomic E-state index is 11.3. The number of aromatic nitrogens is 2. The summed E-state index contributed by atoms with van der Waals surface area (Å²) < 4.78 is 4.48. The molecule has 1 aromatic heterocycles. The highest BCUT2D eigenvalue weighted by Gasteiger charge is 2.11. The Kier molecular flexibility index (Phi) is 3.59. The van der Waals surface area contributed by atoms with E-state index in [9.17, 15) is 9.59 Å². The van der Waals surface area contributed by atoms with E-state index in [0.717, 1.165) is 0 Å². The van der Waals surface area contributed by atoms with Crippen molar-refractivity contribution in [1.29, 1.82) is 0 Å². The number of nitrogens with one attached hydrogen (secondary N) is 1. The number of nitrogen functional groups attached to an aromatic ring is 2. The number of carbonyl (C=O) groups is 2. The predicted molar refractivity (Wildman–Crippen MR) is 56.1 cm³/mol. The van der Waals surface area contributed by atoms with Gasteiger partial charge in [0.2, 0.25) is 0 Å². The molecule has 0 aliphatic rings. The fraction of sp³-hybridized carbons (Fsp3) is 0.250. The molecule has 8 nitrogen and oxygen atoms in total. The molecule has 0 spiro atoms. The molecule has 0 bridgehead atoms. The Morgan fingerprint density at radius 2 is 1.94 bits per heavy atom. The maximum Gasteiger partial charge on any atom is 0.303 e. The van der Waals surface area contributed by atoms with E-state index in [-0.39, 0.29) is 17.3 Å². The van der Waals surface area contributed by atoms with E-state index < -0.39 is 18.5 Å². The molecule has 0 radical (unpaired) electrons. The zero-order chi connectivity index (χ0) is 12.1. The molecule has 0 aliphatic heterocycles. The van der Waals surface area contributed by atoms with Crippen molar-refractivity contribution in [1.82, 2.24) is 9.97 Å². The molecule has 0 aromatic carbocycles. The first-order valence-corrected chi connectivity index (χ1v) is 4.30. The molecule has 0 atom stereocenters. The molecular formula is C8H11N5O3. The fourth-order valence-corrected chi connectivity index (χ4v) is 0.884. The van der Waals surface area contributed by atoms with Crippen LogP contribution in [0.15, 0.2) is 6.33 Å². The van der Waals surface area contributed by atoms with Crippen molar-refractivity contribution < 1.29 is 14.3 Å². The van der Waals surface area contributed by atoms with Gasteiger partial charge in [0.15, 0.2) is 18.2 Å². The van der Waals surface area contributed by atoms with Crippen LogP contribution in [0.2, 0.25) is 0 Å². The van der Waals surface area contributed by atoms with Crippen LogP contribution in [-0.2, 0) is 14.3 Å². The summed E-state index contributed by atoms with van der Waals surface area (Å²) in [6.07, 6.45) is 1.17. The van der Waals surface area contributed by atoms with Crippen LogP contribution in [0.3, 0.4) is 0 Å². The molecule has 0 saturated heterocycles. The molecule has 0 unspecified atom stereocenters. The quantitative estimate of drug-likeness (QED) is 0.570. The van der Waals surface area contributed by atoms with E-state index >= 15 is 0 Å². The number of nitrogens with two attached hydrogens (primary N) is 2. The lowest BCUT2D eigenvalue weighted by molar-refractivity contribution is -0.144. The molecule has 86 valence electrons. The topological polar surface area (TPSA) is 133 Å². The van der Waals surface area contributed by atoms with E-state index in [4.69, 9.17) is 11.5 Å². The first-order valence-electron chi connectivity index (χ1n) is 4.30. The fourth-order valence-electron chi connectivity index (χ4n) is 0.884. The Balaban J connectivity index is 2.66. The second-order valence-corrected chi connectivity index (χ2v) is 2.85. The second-order valence-electron chi connectivity index (χ2n) is 2.85. The van der Waals surface area contributed by atoms with Gasteiger partial charge in [-0.2, -0.15) is 0 Å². The number of esters is 1. The Morgan fingerprint density at radius 1 is 1.38 bits per heavy atom. The van der Waals surface area contributed by atoms with Gasteiger partial charge in [-0.15, -0.1) is 0 Å². The summed E-state index contributed by atoms with van der Waals surface area (Å²) in [5.41, 5.74) is 11.1. The summed E-state index contributed by atoms with van der Waals surface area (Å²) in [7, 11) is 0. The number of rotatable bonds is 3. The lowest BCUT2D eigenvalue weighted by Gasteiger charge is -2.08. The van der Waals surface area contributed by atoms with Crippen LogP contribution in [-0.4, -0.2) is 28.5 Å². The van der Waals surface area contributed by atoms with Gasteiger partial charge < -0.3 is 21.5 Å². The Labute approximate surface area is 91.0 Å². The summed E-state index contributed by atoms with van der Waals surface area (Å²) in [4.78, 5) is 29.0. The van der Waals surface area contributed by atoms with Crippen LogP contribution in [0.25, 0.3) is 0 Å². The van der Waals surface area contributed by atoms with Crippen molar-refractivity contribution in [2.45, 2.75) is 6.92 Å². The first kappa shape index (κ1) is 11.7. The minimum absolute atomic E-state index is 0.0451. The van der Waals surface area contributed by atoms with Crippen molar-refractivity contribution in [3.63, 3.8) is 0 Å². The lowest BCUT2D eigenvalue weighted by Crippen LogP contribution is -2.21. The molecule has 1 rings (SSSR count). The zero-order valence-electron chi connectivity index (χ0n) is 8.56. The summed E-state index contributed by atoms with van der Waals surface area (Å²) in [5.74, 6) is -1.03. The molecule has 1 heterocycles. The highest BCUT2D eigenvalue weighted by Crippen LogP contribution is 2.20. The number of ether oxygens (including phenoxy) is 1. The third kappa shape index (κ3) is 3.08. The number of hydrogen-bond donors (Lipinski definition) is 3. The van der Waals surface area contributed by atoms with Crippen molar-refractivity contribution in [3.05, 3.63) is 6.33 Å². The zero-order valence-corrected chi connectivity index (χ0v) is 8.56. The van der Waals surface area contributed by atoms with Crippen molar-refractivity contribution in [2.75, 3.05) is 23.4 Å². The van der Waals surface area contributed by atoms with Crippen LogP contribution < -0.4 is 16.8 Å². The molecule has 8 heteroatoms. The monoisotopic (exact) mass is 225 g/mol. The largest absolute Gasteiger partial charge is 0.456 e. The summed E-state index contributed by atoms with van der Waals surface area (Å²) >= 11 is 0. The van der Waals surface area contributed by atoms with Gasteiger partial charge in [0.1, 0.15) is 12.0 Å². The Bertz CT molecular complexity index is 400. The van der Waals surface area contributed by atoms with Gasteiger partial charge in [-0.3, -0.25) is 9.59 Å². The second kappa shape index (κ2) is 4.91. The third-order valence-electron chi connectivity index (χ3n) is 1.58. The average molecular weight is 225 g/mol. The molecule has 16 heavy (non-hydrogen) atoms. The molecule has 0 saturated carbocycles. The van der Waals surface area contributed by atoms with Gasteiger partial charge in [-0.05, 0) is 0 Å². The molecule has 5 N–H and O–H groups in total. The van der Waals surface area contributed by atoms with E-state index in [1.54, 1.807) is 0 Å². The number of hydrogen-bond acceptors (Lipinski definition) is 7. The minimum atomic E-state index is -0.566. The number of amides is 1. The summed E-state index contributed by atoms with van der Waals surface area (Å²) in [6.45, 7) is 0.782. The summed E-state index contributed by atoms with van der Waals surface area (Å²) in [5, 5.41) is 2.34. The normalized spacial score (nSPS) is 9.56. The molecule has 1 amide bonds. The van der Waals surface area contributed by atoms with Crippen LogP contribution in [0.4, 0.5) is 17.3 Å². The van der Waals surface area contributed by atoms with Gasteiger partial charge in [0.25, 0.3) is 5.91 Å². The SMILES string of the molecule is CC(=O)OCC(=O)Nc1c(N)ncnc1N. The average Bonchev–Trinajstić information content (AvgIpc) is 2.21. The van der Waals surface area contributed by atoms with E-state index in [1.807, 2.05) is 0 Å². The highest BCUT2D eigenvalue weighted by atomic mass is 16.5. The maximum atomic E-state index is 11.3. The highest BCUT2D eigenvalue weighted by molar-refractivity contribution is 5.97. The standard InChI is InChI=1S/C8H11N5O3/c1-4(14)16-2-5(15)13-6-7(9)11-3-12-8(6)10/h3H,2H2,1H3,(H,13,15)(H4,9,10,11,12). The van der Waals surface area contributed by atoms with Gasteiger partial charge >= 0.3 is 5.97 Å². The smallest absolute Gasteiger partial charge is 0.303 e. The van der Waals surface area contributed by atoms with Crippen LogP contribution in [0.1, 0.15) is 6.92 Å². The van der Waals surface area contributed by atoms with Crippen molar-refractivity contribution in [2.24, 2.45) is 0 Å². The van der Waals surface area contributed by atoms with E-state index in [1.165, 1.54) is 13.3 Å². The first-order chi connectivity index (χ1) is 7.50. The van der Waals surface area contributed by atoms with Gasteiger partial charge in [-0.1, -0.05) is 0 Å². The van der Waals surface area contributed by atoms with Gasteiger partial charge in [-0.25, -0.2) is 9.97 Å².